The molecule has 2 aromatic rings. The monoisotopic (exact) mass is 416 g/mol. The number of carbonyl (C=O) groups is 2. The molecule has 29 heavy (non-hydrogen) atoms. The Morgan fingerprint density at radius 2 is 1.79 bits per heavy atom. The largest absolute Gasteiger partial charge is 0.493 e. The van der Waals surface area contributed by atoms with Crippen molar-refractivity contribution in [1.29, 1.82) is 0 Å². The van der Waals surface area contributed by atoms with E-state index < -0.39 is 0 Å². The van der Waals surface area contributed by atoms with Crippen LogP contribution in [0.15, 0.2) is 42.5 Å². The van der Waals surface area contributed by atoms with Crippen LogP contribution in [0.25, 0.3) is 0 Å². The van der Waals surface area contributed by atoms with E-state index in [1.165, 1.54) is 0 Å². The normalized spacial score (nSPS) is 16.0. The molecule has 1 atom stereocenters. The minimum atomic E-state index is -0.319. The lowest BCUT2D eigenvalue weighted by Gasteiger charge is -2.17. The molecule has 2 amide bonds. The highest BCUT2D eigenvalue weighted by Crippen LogP contribution is 2.28. The van der Waals surface area contributed by atoms with Crippen molar-refractivity contribution in [1.82, 2.24) is 10.2 Å². The minimum Gasteiger partial charge on any atom is -0.493 e. The number of nitrogens with zero attached hydrogens (tertiary/aromatic N) is 1. The lowest BCUT2D eigenvalue weighted by Crippen LogP contribution is -2.33. The Kier molecular flexibility index (Phi) is 6.99. The fourth-order valence-corrected chi connectivity index (χ4v) is 3.53. The van der Waals surface area contributed by atoms with Crippen molar-refractivity contribution in [2.24, 2.45) is 5.92 Å². The van der Waals surface area contributed by atoms with Crippen molar-refractivity contribution in [2.75, 3.05) is 27.3 Å². The molecule has 2 aromatic carbocycles. The van der Waals surface area contributed by atoms with Crippen molar-refractivity contribution in [2.45, 2.75) is 19.4 Å². The number of ether oxygens (including phenoxy) is 2. The average molecular weight is 417 g/mol. The third-order valence-electron chi connectivity index (χ3n) is 5.08. The van der Waals surface area contributed by atoms with Crippen molar-refractivity contribution in [3.8, 4) is 11.5 Å². The molecule has 0 aromatic heterocycles. The number of amides is 2. The van der Waals surface area contributed by atoms with Gasteiger partial charge >= 0.3 is 0 Å². The van der Waals surface area contributed by atoms with E-state index in [0.717, 1.165) is 11.1 Å². The van der Waals surface area contributed by atoms with Gasteiger partial charge in [-0.25, -0.2) is 0 Å². The predicted molar refractivity (Wildman–Crippen MR) is 111 cm³/mol. The molecule has 1 aliphatic heterocycles. The van der Waals surface area contributed by atoms with Gasteiger partial charge in [-0.1, -0.05) is 29.8 Å². The molecule has 1 heterocycles. The van der Waals surface area contributed by atoms with Crippen LogP contribution in [0.1, 0.15) is 17.5 Å². The molecule has 1 saturated heterocycles. The molecular weight excluding hydrogens is 392 g/mol. The van der Waals surface area contributed by atoms with E-state index >= 15 is 0 Å². The summed E-state index contributed by atoms with van der Waals surface area (Å²) in [6, 6.07) is 13.0. The van der Waals surface area contributed by atoms with E-state index in [0.29, 0.717) is 42.6 Å². The highest BCUT2D eigenvalue weighted by Gasteiger charge is 2.33. The average Bonchev–Trinajstić information content (AvgIpc) is 3.12. The van der Waals surface area contributed by atoms with Gasteiger partial charge in [-0.2, -0.15) is 0 Å². The van der Waals surface area contributed by atoms with Crippen LogP contribution in [0.5, 0.6) is 11.5 Å². The van der Waals surface area contributed by atoms with Crippen molar-refractivity contribution in [3.05, 3.63) is 58.6 Å². The molecular formula is C22H25ClN2O4. The van der Waals surface area contributed by atoms with Crippen molar-refractivity contribution in [3.63, 3.8) is 0 Å². The molecule has 154 valence electrons. The second kappa shape index (κ2) is 9.65. The first kappa shape index (κ1) is 21.0. The fourth-order valence-electron chi connectivity index (χ4n) is 3.40. The Labute approximate surface area is 175 Å². The maximum absolute atomic E-state index is 12.5. The maximum atomic E-state index is 12.5. The lowest BCUT2D eigenvalue weighted by molar-refractivity contribution is -0.129. The number of nitrogens with one attached hydrogen (secondary N) is 1. The molecule has 0 saturated carbocycles. The Morgan fingerprint density at radius 1 is 1.10 bits per heavy atom. The van der Waals surface area contributed by atoms with Crippen LogP contribution in [0.2, 0.25) is 5.02 Å². The number of benzene rings is 2. The summed E-state index contributed by atoms with van der Waals surface area (Å²) in [6.07, 6.45) is 0.934. The van der Waals surface area contributed by atoms with Gasteiger partial charge in [-0.05, 0) is 41.8 Å². The SMILES string of the molecule is COc1ccc(CCN2C[C@H](C(=O)NCc3ccc(Cl)cc3)CC2=O)cc1OC. The van der Waals surface area contributed by atoms with Gasteiger partial charge < -0.3 is 19.7 Å². The maximum Gasteiger partial charge on any atom is 0.225 e. The summed E-state index contributed by atoms with van der Waals surface area (Å²) in [5, 5.41) is 3.57. The third kappa shape index (κ3) is 5.41. The number of carbonyl (C=O) groups excluding carboxylic acids is 2. The molecule has 1 fully saturated rings. The summed E-state index contributed by atoms with van der Waals surface area (Å²) in [5.41, 5.74) is 2.02. The van der Waals surface area contributed by atoms with Crippen LogP contribution in [0, 0.1) is 5.92 Å². The van der Waals surface area contributed by atoms with E-state index in [1.54, 1.807) is 31.3 Å². The zero-order chi connectivity index (χ0) is 20.8. The highest BCUT2D eigenvalue weighted by molar-refractivity contribution is 6.30. The molecule has 0 unspecified atom stereocenters. The first-order chi connectivity index (χ1) is 14.0. The van der Waals surface area contributed by atoms with Crippen LogP contribution in [0.3, 0.4) is 0 Å². The van der Waals surface area contributed by atoms with Gasteiger partial charge in [0.15, 0.2) is 11.5 Å². The Morgan fingerprint density at radius 3 is 2.48 bits per heavy atom. The third-order valence-corrected chi connectivity index (χ3v) is 5.34. The summed E-state index contributed by atoms with van der Waals surface area (Å²) in [5.74, 6) is 0.933. The molecule has 0 bridgehead atoms. The first-order valence-electron chi connectivity index (χ1n) is 9.51. The first-order valence-corrected chi connectivity index (χ1v) is 9.88. The van der Waals surface area contributed by atoms with Gasteiger partial charge in [0, 0.05) is 31.1 Å². The van der Waals surface area contributed by atoms with Crippen LogP contribution in [-0.4, -0.2) is 44.0 Å². The van der Waals surface area contributed by atoms with Crippen LogP contribution < -0.4 is 14.8 Å². The molecule has 1 N–H and O–H groups in total. The van der Waals surface area contributed by atoms with E-state index in [4.69, 9.17) is 21.1 Å². The zero-order valence-electron chi connectivity index (χ0n) is 16.6. The number of methoxy groups -OCH3 is 2. The van der Waals surface area contributed by atoms with E-state index in [9.17, 15) is 9.59 Å². The topological polar surface area (TPSA) is 67.9 Å². The molecule has 3 rings (SSSR count). The predicted octanol–water partition coefficient (Wildman–Crippen LogP) is 3.06. The van der Waals surface area contributed by atoms with Gasteiger partial charge in [0.25, 0.3) is 0 Å². The van der Waals surface area contributed by atoms with Crippen LogP contribution in [0.4, 0.5) is 0 Å². The summed E-state index contributed by atoms with van der Waals surface area (Å²) in [6.45, 7) is 1.43. The number of halogens is 1. The van der Waals surface area contributed by atoms with E-state index in [-0.39, 0.29) is 24.2 Å². The van der Waals surface area contributed by atoms with Gasteiger partial charge in [-0.15, -0.1) is 0 Å². The molecule has 0 radical (unpaired) electrons. The van der Waals surface area contributed by atoms with Gasteiger partial charge in [-0.3, -0.25) is 9.59 Å². The number of hydrogen-bond donors (Lipinski definition) is 1. The molecule has 1 aliphatic rings. The lowest BCUT2D eigenvalue weighted by atomic mass is 10.1. The minimum absolute atomic E-state index is 0.0112. The highest BCUT2D eigenvalue weighted by atomic mass is 35.5. The number of likely N-dealkylation sites (tertiary alicyclic amines) is 1. The Hall–Kier alpha value is -2.73. The smallest absolute Gasteiger partial charge is 0.225 e. The Bertz CT molecular complexity index is 870. The molecule has 0 aliphatic carbocycles. The molecule has 0 spiro atoms. The second-order valence-corrected chi connectivity index (χ2v) is 7.46. The van der Waals surface area contributed by atoms with Gasteiger partial charge in [0.1, 0.15) is 0 Å². The fraction of sp³-hybridized carbons (Fsp3) is 0.364. The van der Waals surface area contributed by atoms with Crippen molar-refractivity contribution < 1.29 is 19.1 Å². The summed E-state index contributed by atoms with van der Waals surface area (Å²) >= 11 is 5.87. The Balaban J connectivity index is 1.50. The summed E-state index contributed by atoms with van der Waals surface area (Å²) in [7, 11) is 3.19. The molecule has 7 heteroatoms. The quantitative estimate of drug-likeness (QED) is 0.718. The number of rotatable bonds is 8. The summed E-state index contributed by atoms with van der Waals surface area (Å²) in [4.78, 5) is 26.5. The summed E-state index contributed by atoms with van der Waals surface area (Å²) < 4.78 is 10.6. The van der Waals surface area contributed by atoms with E-state index in [1.807, 2.05) is 30.3 Å². The second-order valence-electron chi connectivity index (χ2n) is 7.02. The van der Waals surface area contributed by atoms with Gasteiger partial charge in [0.2, 0.25) is 11.8 Å². The van der Waals surface area contributed by atoms with Crippen LogP contribution >= 0.6 is 11.6 Å². The molecule has 6 nitrogen and oxygen atoms in total. The van der Waals surface area contributed by atoms with Gasteiger partial charge in [0.05, 0.1) is 20.1 Å². The standard InChI is InChI=1S/C22H25ClN2O4/c1-28-19-8-5-15(11-20(19)29-2)9-10-25-14-17(12-21(25)26)22(27)24-13-16-3-6-18(23)7-4-16/h3-8,11,17H,9-10,12-14H2,1-2H3,(H,24,27)/t17-/m1/s1. The number of hydrogen-bond acceptors (Lipinski definition) is 4. The van der Waals surface area contributed by atoms with E-state index in [2.05, 4.69) is 5.32 Å². The van der Waals surface area contributed by atoms with Crippen molar-refractivity contribution >= 4 is 23.4 Å². The van der Waals surface area contributed by atoms with Crippen LogP contribution in [-0.2, 0) is 22.6 Å². The zero-order valence-corrected chi connectivity index (χ0v) is 17.4.